The second kappa shape index (κ2) is 9.94. The molecule has 1 heterocycles. The van der Waals surface area contributed by atoms with Crippen molar-refractivity contribution in [3.8, 4) is 0 Å². The first-order valence-corrected chi connectivity index (χ1v) is 10.7. The molecular formula is C26H27N3O2. The molecule has 0 aromatic heterocycles. The largest absolute Gasteiger partial charge is 0.333 e. The average Bonchev–Trinajstić information content (AvgIpc) is 3.18. The van der Waals surface area contributed by atoms with Crippen LogP contribution >= 0.6 is 0 Å². The number of nitrogens with one attached hydrogen (secondary N) is 1. The Morgan fingerprint density at radius 3 is 2.10 bits per heavy atom. The van der Waals surface area contributed by atoms with E-state index < -0.39 is 0 Å². The standard InChI is InChI=1S/C26H27N3O2/c30-25-18-23(20-29(25)24-14-8-3-9-15-24)27-26(31)28(19-22-12-6-2-7-13-22)17-16-21-10-4-1-5-11-21/h1-15,23H,16-20H2,(H,27,31)/t23-/m0/s1. The molecule has 0 spiro atoms. The molecule has 3 aromatic carbocycles. The van der Waals surface area contributed by atoms with Gasteiger partial charge in [-0.2, -0.15) is 0 Å². The second-order valence-corrected chi connectivity index (χ2v) is 7.83. The Hall–Kier alpha value is -3.60. The van der Waals surface area contributed by atoms with Crippen LogP contribution in [0.3, 0.4) is 0 Å². The Bertz CT molecular complexity index is 993. The van der Waals surface area contributed by atoms with Gasteiger partial charge in [0.15, 0.2) is 0 Å². The Morgan fingerprint density at radius 1 is 0.871 bits per heavy atom. The number of carbonyl (C=O) groups excluding carboxylic acids is 2. The lowest BCUT2D eigenvalue weighted by Crippen LogP contribution is -2.46. The van der Waals surface area contributed by atoms with Crippen molar-refractivity contribution in [2.45, 2.75) is 25.4 Å². The summed E-state index contributed by atoms with van der Waals surface area (Å²) in [5.74, 6) is 0.0374. The Labute approximate surface area is 183 Å². The van der Waals surface area contributed by atoms with E-state index in [9.17, 15) is 9.59 Å². The number of benzene rings is 3. The summed E-state index contributed by atoms with van der Waals surface area (Å²) in [5, 5.41) is 3.09. The van der Waals surface area contributed by atoms with E-state index in [1.54, 1.807) is 4.90 Å². The highest BCUT2D eigenvalue weighted by Crippen LogP contribution is 2.21. The van der Waals surface area contributed by atoms with Crippen molar-refractivity contribution in [2.24, 2.45) is 0 Å². The Balaban J connectivity index is 1.42. The molecule has 1 N–H and O–H groups in total. The molecule has 3 aromatic rings. The molecule has 158 valence electrons. The number of urea groups is 1. The van der Waals surface area contributed by atoms with Crippen molar-refractivity contribution in [2.75, 3.05) is 18.0 Å². The van der Waals surface area contributed by atoms with Gasteiger partial charge >= 0.3 is 6.03 Å². The smallest absolute Gasteiger partial charge is 0.318 e. The topological polar surface area (TPSA) is 52.7 Å². The summed E-state index contributed by atoms with van der Waals surface area (Å²) < 4.78 is 0. The zero-order valence-corrected chi connectivity index (χ0v) is 17.5. The quantitative estimate of drug-likeness (QED) is 0.630. The molecule has 31 heavy (non-hydrogen) atoms. The van der Waals surface area contributed by atoms with Crippen molar-refractivity contribution < 1.29 is 9.59 Å². The third-order valence-corrected chi connectivity index (χ3v) is 5.54. The number of hydrogen-bond acceptors (Lipinski definition) is 2. The number of amides is 3. The van der Waals surface area contributed by atoms with Crippen LogP contribution in [0.25, 0.3) is 0 Å². The van der Waals surface area contributed by atoms with Crippen LogP contribution in [-0.4, -0.2) is 36.0 Å². The molecule has 0 radical (unpaired) electrons. The third kappa shape index (κ3) is 5.51. The second-order valence-electron chi connectivity index (χ2n) is 7.83. The molecule has 0 unspecified atom stereocenters. The molecule has 5 heteroatoms. The fourth-order valence-corrected chi connectivity index (χ4v) is 3.89. The van der Waals surface area contributed by atoms with Crippen LogP contribution in [-0.2, 0) is 17.8 Å². The summed E-state index contributed by atoms with van der Waals surface area (Å²) in [4.78, 5) is 29.2. The van der Waals surface area contributed by atoms with Gasteiger partial charge in [-0.05, 0) is 29.7 Å². The maximum Gasteiger partial charge on any atom is 0.318 e. The van der Waals surface area contributed by atoms with Crippen LogP contribution in [0.4, 0.5) is 10.5 Å². The van der Waals surface area contributed by atoms with Gasteiger partial charge in [0, 0.05) is 31.7 Å². The van der Waals surface area contributed by atoms with Gasteiger partial charge in [-0.1, -0.05) is 78.9 Å². The SMILES string of the molecule is O=C(N[C@H]1CC(=O)N(c2ccccc2)C1)N(CCc1ccccc1)Cc1ccccc1. The molecule has 1 fully saturated rings. The van der Waals surface area contributed by atoms with Crippen LogP contribution in [0.15, 0.2) is 91.0 Å². The van der Waals surface area contributed by atoms with Crippen molar-refractivity contribution >= 4 is 17.6 Å². The molecule has 4 rings (SSSR count). The van der Waals surface area contributed by atoms with Gasteiger partial charge in [0.05, 0.1) is 6.04 Å². The average molecular weight is 414 g/mol. The zero-order chi connectivity index (χ0) is 21.5. The third-order valence-electron chi connectivity index (χ3n) is 5.54. The lowest BCUT2D eigenvalue weighted by molar-refractivity contribution is -0.117. The summed E-state index contributed by atoms with van der Waals surface area (Å²) in [5.41, 5.74) is 3.15. The number of para-hydroxylation sites is 1. The van der Waals surface area contributed by atoms with Crippen LogP contribution in [0.2, 0.25) is 0 Å². The maximum atomic E-state index is 13.2. The van der Waals surface area contributed by atoms with E-state index in [-0.39, 0.29) is 18.0 Å². The van der Waals surface area contributed by atoms with Crippen LogP contribution in [0.5, 0.6) is 0 Å². The number of nitrogens with zero attached hydrogens (tertiary/aromatic N) is 2. The summed E-state index contributed by atoms with van der Waals surface area (Å²) in [6.07, 6.45) is 1.10. The zero-order valence-electron chi connectivity index (χ0n) is 17.5. The van der Waals surface area contributed by atoms with Crippen LogP contribution < -0.4 is 10.2 Å². The molecule has 1 saturated heterocycles. The van der Waals surface area contributed by atoms with E-state index in [2.05, 4.69) is 17.4 Å². The molecule has 0 bridgehead atoms. The highest BCUT2D eigenvalue weighted by Gasteiger charge is 2.32. The van der Waals surface area contributed by atoms with Gasteiger partial charge in [-0.25, -0.2) is 4.79 Å². The lowest BCUT2D eigenvalue weighted by Gasteiger charge is -2.25. The summed E-state index contributed by atoms with van der Waals surface area (Å²) >= 11 is 0. The van der Waals surface area contributed by atoms with E-state index in [1.807, 2.05) is 83.8 Å². The van der Waals surface area contributed by atoms with Gasteiger partial charge in [0.1, 0.15) is 0 Å². The highest BCUT2D eigenvalue weighted by molar-refractivity contribution is 5.96. The van der Waals surface area contributed by atoms with Gasteiger partial charge in [-0.3, -0.25) is 4.79 Å². The van der Waals surface area contributed by atoms with E-state index in [4.69, 9.17) is 0 Å². The molecule has 3 amide bonds. The van der Waals surface area contributed by atoms with Gasteiger partial charge < -0.3 is 15.1 Å². The number of hydrogen-bond donors (Lipinski definition) is 1. The first kappa shape index (κ1) is 20.7. The van der Waals surface area contributed by atoms with Gasteiger partial charge in [0.2, 0.25) is 5.91 Å². The molecule has 1 atom stereocenters. The Kier molecular flexibility index (Phi) is 6.62. The minimum Gasteiger partial charge on any atom is -0.333 e. The minimum atomic E-state index is -0.199. The van der Waals surface area contributed by atoms with Crippen LogP contribution in [0.1, 0.15) is 17.5 Å². The first-order chi connectivity index (χ1) is 15.2. The summed E-state index contributed by atoms with van der Waals surface area (Å²) in [6.45, 7) is 1.63. The van der Waals surface area contributed by atoms with Crippen molar-refractivity contribution in [3.05, 3.63) is 102 Å². The van der Waals surface area contributed by atoms with E-state index in [1.165, 1.54) is 5.56 Å². The molecule has 5 nitrogen and oxygen atoms in total. The number of rotatable bonds is 7. The minimum absolute atomic E-state index is 0.0374. The lowest BCUT2D eigenvalue weighted by atomic mass is 10.1. The van der Waals surface area contributed by atoms with Crippen molar-refractivity contribution in [1.82, 2.24) is 10.2 Å². The summed E-state index contributed by atoms with van der Waals surface area (Å²) in [6, 6.07) is 29.4. The van der Waals surface area contributed by atoms with E-state index in [0.29, 0.717) is 26.1 Å². The van der Waals surface area contributed by atoms with Crippen molar-refractivity contribution in [3.63, 3.8) is 0 Å². The maximum absolute atomic E-state index is 13.2. The van der Waals surface area contributed by atoms with E-state index >= 15 is 0 Å². The molecule has 0 saturated carbocycles. The van der Waals surface area contributed by atoms with Crippen molar-refractivity contribution in [1.29, 1.82) is 0 Å². The van der Waals surface area contributed by atoms with Gasteiger partial charge in [0.25, 0.3) is 0 Å². The molecule has 1 aliphatic rings. The number of carbonyl (C=O) groups is 2. The monoisotopic (exact) mass is 413 g/mol. The van der Waals surface area contributed by atoms with E-state index in [0.717, 1.165) is 17.7 Å². The first-order valence-electron chi connectivity index (χ1n) is 10.7. The van der Waals surface area contributed by atoms with Gasteiger partial charge in [-0.15, -0.1) is 0 Å². The summed E-state index contributed by atoms with van der Waals surface area (Å²) in [7, 11) is 0. The highest BCUT2D eigenvalue weighted by atomic mass is 16.2. The van der Waals surface area contributed by atoms with Crippen LogP contribution in [0, 0.1) is 0 Å². The Morgan fingerprint density at radius 2 is 1.45 bits per heavy atom. The number of anilines is 1. The molecule has 0 aliphatic carbocycles. The normalized spacial score (nSPS) is 15.7. The predicted octanol–water partition coefficient (Wildman–Crippen LogP) is 4.25. The molecule has 1 aliphatic heterocycles. The fourth-order valence-electron chi connectivity index (χ4n) is 3.89. The molecular weight excluding hydrogens is 386 g/mol. The predicted molar refractivity (Wildman–Crippen MR) is 123 cm³/mol. The fraction of sp³-hybridized carbons (Fsp3) is 0.231.